The number of piperidine rings is 1. The van der Waals surface area contributed by atoms with Gasteiger partial charge in [-0.1, -0.05) is 0 Å². The third-order valence-corrected chi connectivity index (χ3v) is 4.13. The molecule has 0 aromatic carbocycles. The molecular weight excluding hydrogens is 268 g/mol. The molecule has 0 saturated carbocycles. The van der Waals surface area contributed by atoms with Crippen LogP contribution >= 0.6 is 0 Å². The molecule has 2 rings (SSSR count). The van der Waals surface area contributed by atoms with E-state index < -0.39 is 10.0 Å². The van der Waals surface area contributed by atoms with Gasteiger partial charge < -0.3 is 9.64 Å². The molecule has 0 spiro atoms. The lowest BCUT2D eigenvalue weighted by Gasteiger charge is -2.31. The van der Waals surface area contributed by atoms with E-state index in [2.05, 4.69) is 9.97 Å². The largest absolute Gasteiger partial charge is 0.481 e. The number of aromatic nitrogens is 2. The van der Waals surface area contributed by atoms with E-state index in [4.69, 9.17) is 9.88 Å². The maximum absolute atomic E-state index is 11.1. The molecule has 1 aliphatic heterocycles. The van der Waals surface area contributed by atoms with Crippen molar-refractivity contribution < 1.29 is 13.2 Å². The molecule has 1 aromatic heterocycles. The number of hydrogen-bond acceptors (Lipinski definition) is 6. The molecule has 106 valence electrons. The van der Waals surface area contributed by atoms with Crippen molar-refractivity contribution in [2.75, 3.05) is 30.9 Å². The summed E-state index contributed by atoms with van der Waals surface area (Å²) in [7, 11) is -1.83. The standard InChI is InChI=1S/C11H18N4O3S/c1-18-10-2-5-13-11(14-10)15-6-3-9(4-7-15)8-19(12,16)17/h2,5,9H,3-4,6-8H2,1H3,(H2,12,16,17). The van der Waals surface area contributed by atoms with Crippen LogP contribution in [-0.4, -0.2) is 44.3 Å². The van der Waals surface area contributed by atoms with Crippen molar-refractivity contribution >= 4 is 16.0 Å². The summed E-state index contributed by atoms with van der Waals surface area (Å²) >= 11 is 0. The van der Waals surface area contributed by atoms with Crippen LogP contribution in [0, 0.1) is 5.92 Å². The van der Waals surface area contributed by atoms with Crippen LogP contribution in [0.5, 0.6) is 5.88 Å². The third kappa shape index (κ3) is 4.03. The van der Waals surface area contributed by atoms with Crippen molar-refractivity contribution in [3.05, 3.63) is 12.3 Å². The second-order valence-corrected chi connectivity index (χ2v) is 6.32. The van der Waals surface area contributed by atoms with Gasteiger partial charge in [-0.05, 0) is 18.8 Å². The zero-order chi connectivity index (χ0) is 13.9. The van der Waals surface area contributed by atoms with Crippen molar-refractivity contribution in [2.45, 2.75) is 12.8 Å². The summed E-state index contributed by atoms with van der Waals surface area (Å²) in [4.78, 5) is 10.5. The van der Waals surface area contributed by atoms with Crippen molar-refractivity contribution in [1.82, 2.24) is 9.97 Å². The summed E-state index contributed by atoms with van der Waals surface area (Å²) < 4.78 is 27.2. The molecule has 0 unspecified atom stereocenters. The van der Waals surface area contributed by atoms with Gasteiger partial charge in [-0.3, -0.25) is 0 Å². The molecule has 2 heterocycles. The SMILES string of the molecule is COc1ccnc(N2CCC(CS(N)(=O)=O)CC2)n1. The second kappa shape index (κ2) is 5.70. The average Bonchev–Trinajstić information content (AvgIpc) is 2.38. The lowest BCUT2D eigenvalue weighted by atomic mass is 9.99. The number of primary sulfonamides is 1. The minimum atomic E-state index is -3.39. The van der Waals surface area contributed by atoms with E-state index in [1.807, 2.05) is 4.90 Å². The predicted molar refractivity (Wildman–Crippen MR) is 71.5 cm³/mol. The molecule has 1 aliphatic rings. The lowest BCUT2D eigenvalue weighted by Crippen LogP contribution is -2.37. The van der Waals surface area contributed by atoms with E-state index in [9.17, 15) is 8.42 Å². The second-order valence-electron chi connectivity index (χ2n) is 4.66. The van der Waals surface area contributed by atoms with Gasteiger partial charge in [-0.2, -0.15) is 4.98 Å². The third-order valence-electron chi connectivity index (χ3n) is 3.19. The average molecular weight is 286 g/mol. The number of nitrogens with two attached hydrogens (primary N) is 1. The number of hydrogen-bond donors (Lipinski definition) is 1. The molecule has 0 amide bonds. The molecule has 0 atom stereocenters. The molecule has 0 radical (unpaired) electrons. The minimum Gasteiger partial charge on any atom is -0.481 e. The van der Waals surface area contributed by atoms with E-state index in [0.717, 1.165) is 25.9 Å². The van der Waals surface area contributed by atoms with Crippen molar-refractivity contribution in [2.24, 2.45) is 11.1 Å². The zero-order valence-corrected chi connectivity index (χ0v) is 11.6. The maximum Gasteiger partial charge on any atom is 0.228 e. The van der Waals surface area contributed by atoms with Gasteiger partial charge in [0, 0.05) is 25.4 Å². The molecule has 0 bridgehead atoms. The maximum atomic E-state index is 11.1. The van der Waals surface area contributed by atoms with Crippen LogP contribution in [0.15, 0.2) is 12.3 Å². The normalized spacial score (nSPS) is 17.5. The highest BCUT2D eigenvalue weighted by molar-refractivity contribution is 7.89. The van der Waals surface area contributed by atoms with Gasteiger partial charge in [-0.15, -0.1) is 0 Å². The Bertz CT molecular complexity index is 526. The zero-order valence-electron chi connectivity index (χ0n) is 10.8. The smallest absolute Gasteiger partial charge is 0.228 e. The summed E-state index contributed by atoms with van der Waals surface area (Å²) in [5.74, 6) is 1.32. The molecule has 0 aliphatic carbocycles. The van der Waals surface area contributed by atoms with Gasteiger partial charge in [0.05, 0.1) is 12.9 Å². The number of rotatable bonds is 4. The van der Waals surface area contributed by atoms with Gasteiger partial charge in [0.1, 0.15) is 0 Å². The highest BCUT2D eigenvalue weighted by Gasteiger charge is 2.24. The summed E-state index contributed by atoms with van der Waals surface area (Å²) in [6.45, 7) is 1.46. The Labute approximate surface area is 112 Å². The van der Waals surface area contributed by atoms with E-state index in [1.54, 1.807) is 19.4 Å². The number of nitrogens with zero attached hydrogens (tertiary/aromatic N) is 3. The molecule has 2 N–H and O–H groups in total. The summed E-state index contributed by atoms with van der Waals surface area (Å²) in [6, 6.07) is 1.69. The van der Waals surface area contributed by atoms with Crippen molar-refractivity contribution in [3.63, 3.8) is 0 Å². The van der Waals surface area contributed by atoms with Crippen LogP contribution in [0.4, 0.5) is 5.95 Å². The first-order valence-electron chi connectivity index (χ1n) is 6.10. The fourth-order valence-corrected chi connectivity index (χ4v) is 3.22. The molecular formula is C11H18N4O3S. The molecule has 19 heavy (non-hydrogen) atoms. The Balaban J connectivity index is 1.96. The van der Waals surface area contributed by atoms with Crippen molar-refractivity contribution in [3.8, 4) is 5.88 Å². The van der Waals surface area contributed by atoms with E-state index >= 15 is 0 Å². The quantitative estimate of drug-likeness (QED) is 0.836. The van der Waals surface area contributed by atoms with Gasteiger partial charge in [0.2, 0.25) is 21.9 Å². The van der Waals surface area contributed by atoms with Crippen molar-refractivity contribution in [1.29, 1.82) is 0 Å². The first-order valence-corrected chi connectivity index (χ1v) is 7.82. The van der Waals surface area contributed by atoms with Crippen LogP contribution in [0.1, 0.15) is 12.8 Å². The van der Waals surface area contributed by atoms with E-state index in [1.165, 1.54) is 0 Å². The predicted octanol–water partition coefficient (Wildman–Crippen LogP) is -0.00990. The Morgan fingerprint density at radius 2 is 2.16 bits per heavy atom. The number of sulfonamides is 1. The number of ether oxygens (including phenoxy) is 1. The molecule has 7 nitrogen and oxygen atoms in total. The fourth-order valence-electron chi connectivity index (χ4n) is 2.23. The number of methoxy groups -OCH3 is 1. The van der Waals surface area contributed by atoms with Crippen LogP contribution in [0.2, 0.25) is 0 Å². The lowest BCUT2D eigenvalue weighted by molar-refractivity contribution is 0.393. The highest BCUT2D eigenvalue weighted by Crippen LogP contribution is 2.22. The molecule has 8 heteroatoms. The molecule has 1 fully saturated rings. The van der Waals surface area contributed by atoms with Gasteiger partial charge in [-0.25, -0.2) is 18.5 Å². The Kier molecular flexibility index (Phi) is 4.20. The number of anilines is 1. The van der Waals surface area contributed by atoms with Gasteiger partial charge in [0.25, 0.3) is 0 Å². The van der Waals surface area contributed by atoms with Crippen LogP contribution in [0.25, 0.3) is 0 Å². The summed E-state index contributed by atoms with van der Waals surface area (Å²) in [5.41, 5.74) is 0. The summed E-state index contributed by atoms with van der Waals surface area (Å²) in [5, 5.41) is 5.07. The minimum absolute atomic E-state index is 0.0554. The first-order chi connectivity index (χ1) is 8.98. The van der Waals surface area contributed by atoms with Crippen LogP contribution in [0.3, 0.4) is 0 Å². The van der Waals surface area contributed by atoms with E-state index in [-0.39, 0.29) is 11.7 Å². The van der Waals surface area contributed by atoms with Crippen LogP contribution < -0.4 is 14.8 Å². The molecule has 1 aromatic rings. The van der Waals surface area contributed by atoms with Crippen LogP contribution in [-0.2, 0) is 10.0 Å². The Hall–Kier alpha value is -1.41. The Morgan fingerprint density at radius 3 is 2.74 bits per heavy atom. The summed E-state index contributed by atoms with van der Waals surface area (Å²) in [6.07, 6.45) is 3.20. The van der Waals surface area contributed by atoms with Gasteiger partial charge in [0.15, 0.2) is 0 Å². The van der Waals surface area contributed by atoms with E-state index in [0.29, 0.717) is 11.8 Å². The van der Waals surface area contributed by atoms with Gasteiger partial charge >= 0.3 is 0 Å². The Morgan fingerprint density at radius 1 is 1.47 bits per heavy atom. The topological polar surface area (TPSA) is 98.4 Å². The first kappa shape index (κ1) is 14.0. The highest BCUT2D eigenvalue weighted by atomic mass is 32.2. The molecule has 1 saturated heterocycles. The monoisotopic (exact) mass is 286 g/mol. The fraction of sp³-hybridized carbons (Fsp3) is 0.636.